The van der Waals surface area contributed by atoms with Gasteiger partial charge in [-0.15, -0.1) is 0 Å². The Bertz CT molecular complexity index is 1040. The summed E-state index contributed by atoms with van der Waals surface area (Å²) in [6.07, 6.45) is 0. The minimum atomic E-state index is 0.388. The van der Waals surface area contributed by atoms with Gasteiger partial charge in [-0.2, -0.15) is 0 Å². The van der Waals surface area contributed by atoms with E-state index < -0.39 is 0 Å². The lowest BCUT2D eigenvalue weighted by molar-refractivity contribution is 0.789. The van der Waals surface area contributed by atoms with Crippen LogP contribution in [0.1, 0.15) is 19.4 Å². The number of benzene rings is 4. The minimum Gasteiger partial charge on any atom is -0.339 e. The van der Waals surface area contributed by atoms with Crippen molar-refractivity contribution < 1.29 is 0 Å². The van der Waals surface area contributed by atoms with Gasteiger partial charge in [-0.05, 0) is 73.0 Å². The summed E-state index contributed by atoms with van der Waals surface area (Å²) in [4.78, 5) is 2.38. The van der Waals surface area contributed by atoms with Crippen LogP contribution in [0.4, 0.5) is 11.4 Å². The molecule has 27 heavy (non-hydrogen) atoms. The van der Waals surface area contributed by atoms with Gasteiger partial charge in [0.2, 0.25) is 0 Å². The highest BCUT2D eigenvalue weighted by Gasteiger charge is 2.13. The fourth-order valence-electron chi connectivity index (χ4n) is 3.63. The van der Waals surface area contributed by atoms with E-state index in [4.69, 9.17) is 0 Å². The molecule has 1 heteroatoms. The van der Waals surface area contributed by atoms with Crippen LogP contribution in [0.15, 0.2) is 91.0 Å². The molecule has 0 atom stereocenters. The Hall–Kier alpha value is -3.06. The Morgan fingerprint density at radius 3 is 1.78 bits per heavy atom. The normalized spacial score (nSPS) is 11.1. The minimum absolute atomic E-state index is 0.388. The lowest BCUT2D eigenvalue weighted by Gasteiger charge is -2.29. The Labute approximate surface area is 161 Å². The molecule has 0 fully saturated rings. The van der Waals surface area contributed by atoms with E-state index in [9.17, 15) is 0 Å². The van der Waals surface area contributed by atoms with E-state index in [1.54, 1.807) is 0 Å². The molecule has 0 aromatic heterocycles. The van der Waals surface area contributed by atoms with E-state index in [1.807, 2.05) is 0 Å². The second-order valence-corrected chi connectivity index (χ2v) is 7.41. The number of aryl methyl sites for hydroxylation is 1. The first-order chi connectivity index (χ1) is 13.1. The highest BCUT2D eigenvalue weighted by atomic mass is 15.2. The van der Waals surface area contributed by atoms with Crippen molar-refractivity contribution in [3.05, 3.63) is 96.6 Å². The molecule has 4 aromatic carbocycles. The number of hydrogen-bond acceptors (Lipinski definition) is 1. The van der Waals surface area contributed by atoms with Gasteiger partial charge < -0.3 is 4.90 Å². The van der Waals surface area contributed by atoms with Crippen molar-refractivity contribution >= 4 is 22.1 Å². The van der Waals surface area contributed by atoms with Crippen LogP contribution in [-0.4, -0.2) is 6.04 Å². The van der Waals surface area contributed by atoms with Crippen molar-refractivity contribution in [3.63, 3.8) is 0 Å². The molecule has 0 aliphatic heterocycles. The number of fused-ring (bicyclic) bond motifs is 1. The smallest absolute Gasteiger partial charge is 0.0413 e. The zero-order valence-corrected chi connectivity index (χ0v) is 16.2. The molecule has 0 heterocycles. The number of rotatable bonds is 4. The lowest BCUT2D eigenvalue weighted by atomic mass is 10.0. The van der Waals surface area contributed by atoms with Crippen molar-refractivity contribution in [2.75, 3.05) is 4.90 Å². The Balaban J connectivity index is 1.68. The summed E-state index contributed by atoms with van der Waals surface area (Å²) in [5, 5.41) is 2.56. The van der Waals surface area contributed by atoms with Gasteiger partial charge in [-0.25, -0.2) is 0 Å². The van der Waals surface area contributed by atoms with Gasteiger partial charge in [-0.1, -0.05) is 66.2 Å². The monoisotopic (exact) mass is 351 g/mol. The number of hydrogen-bond donors (Lipinski definition) is 0. The SMILES string of the molecule is Cc1ccc(N(c2ccc(-c3ccc4ccccc4c3)cc2)C(C)C)cc1. The van der Waals surface area contributed by atoms with Gasteiger partial charge in [0.05, 0.1) is 0 Å². The molecule has 4 rings (SSSR count). The zero-order valence-electron chi connectivity index (χ0n) is 16.2. The van der Waals surface area contributed by atoms with E-state index in [2.05, 4.69) is 117 Å². The maximum atomic E-state index is 2.38. The highest BCUT2D eigenvalue weighted by Crippen LogP contribution is 2.31. The second kappa shape index (κ2) is 7.28. The van der Waals surface area contributed by atoms with Gasteiger partial charge in [0.15, 0.2) is 0 Å². The van der Waals surface area contributed by atoms with Crippen molar-refractivity contribution in [3.8, 4) is 11.1 Å². The number of nitrogens with zero attached hydrogens (tertiary/aromatic N) is 1. The molecule has 0 saturated heterocycles. The van der Waals surface area contributed by atoms with Gasteiger partial charge in [0.1, 0.15) is 0 Å². The van der Waals surface area contributed by atoms with Crippen molar-refractivity contribution in [2.45, 2.75) is 26.8 Å². The molecule has 0 bridgehead atoms. The fraction of sp³-hybridized carbons (Fsp3) is 0.154. The topological polar surface area (TPSA) is 3.24 Å². The summed E-state index contributed by atoms with van der Waals surface area (Å²) >= 11 is 0. The molecule has 0 spiro atoms. The average Bonchev–Trinajstić information content (AvgIpc) is 2.69. The third-order valence-corrected chi connectivity index (χ3v) is 5.06. The molecule has 0 amide bonds. The van der Waals surface area contributed by atoms with Crippen LogP contribution in [0.3, 0.4) is 0 Å². The van der Waals surface area contributed by atoms with Gasteiger partial charge >= 0.3 is 0 Å². The van der Waals surface area contributed by atoms with Gasteiger partial charge in [0.25, 0.3) is 0 Å². The first kappa shape index (κ1) is 17.4. The van der Waals surface area contributed by atoms with Crippen LogP contribution < -0.4 is 4.90 Å². The zero-order chi connectivity index (χ0) is 18.8. The maximum absolute atomic E-state index is 2.38. The lowest BCUT2D eigenvalue weighted by Crippen LogP contribution is -2.25. The molecule has 1 nitrogen and oxygen atoms in total. The summed E-state index contributed by atoms with van der Waals surface area (Å²) < 4.78 is 0. The Morgan fingerprint density at radius 2 is 1.15 bits per heavy atom. The highest BCUT2D eigenvalue weighted by molar-refractivity contribution is 5.87. The molecule has 134 valence electrons. The molecule has 4 aromatic rings. The van der Waals surface area contributed by atoms with E-state index in [0.717, 1.165) is 0 Å². The van der Waals surface area contributed by atoms with Crippen molar-refractivity contribution in [1.82, 2.24) is 0 Å². The average molecular weight is 351 g/mol. The van der Waals surface area contributed by atoms with Gasteiger partial charge in [-0.3, -0.25) is 0 Å². The van der Waals surface area contributed by atoms with Gasteiger partial charge in [0, 0.05) is 17.4 Å². The standard InChI is InChI=1S/C26H25N/c1-19(2)27(25-14-8-20(3)9-15-25)26-16-12-22(13-17-26)24-11-10-21-6-4-5-7-23(21)18-24/h4-19H,1-3H3. The number of anilines is 2. The molecule has 0 N–H and O–H groups in total. The predicted octanol–water partition coefficient (Wildman–Crippen LogP) is 7.36. The molecule has 0 unspecified atom stereocenters. The summed E-state index contributed by atoms with van der Waals surface area (Å²) in [5.74, 6) is 0. The second-order valence-electron chi connectivity index (χ2n) is 7.41. The summed E-state index contributed by atoms with van der Waals surface area (Å²) in [7, 11) is 0. The fourth-order valence-corrected chi connectivity index (χ4v) is 3.63. The van der Waals surface area contributed by atoms with Crippen LogP contribution in [0.2, 0.25) is 0 Å². The molecule has 0 saturated carbocycles. The van der Waals surface area contributed by atoms with Crippen LogP contribution in [-0.2, 0) is 0 Å². The quantitative estimate of drug-likeness (QED) is 0.371. The van der Waals surface area contributed by atoms with Crippen molar-refractivity contribution in [1.29, 1.82) is 0 Å². The molecule has 0 aliphatic rings. The summed E-state index contributed by atoms with van der Waals surface area (Å²) in [6.45, 7) is 6.59. The van der Waals surface area contributed by atoms with Crippen LogP contribution in [0.25, 0.3) is 21.9 Å². The molecular weight excluding hydrogens is 326 g/mol. The van der Waals surface area contributed by atoms with Crippen LogP contribution in [0.5, 0.6) is 0 Å². The Kier molecular flexibility index (Phi) is 4.68. The first-order valence-corrected chi connectivity index (χ1v) is 9.57. The Morgan fingerprint density at radius 1 is 0.593 bits per heavy atom. The molecule has 0 radical (unpaired) electrons. The predicted molar refractivity (Wildman–Crippen MR) is 118 cm³/mol. The molecule has 0 aliphatic carbocycles. The van der Waals surface area contributed by atoms with E-state index >= 15 is 0 Å². The summed E-state index contributed by atoms with van der Waals surface area (Å²) in [5.41, 5.74) is 6.24. The van der Waals surface area contributed by atoms with E-state index in [0.29, 0.717) is 6.04 Å². The first-order valence-electron chi connectivity index (χ1n) is 9.57. The summed E-state index contributed by atoms with van der Waals surface area (Å²) in [6, 6.07) is 33.2. The van der Waals surface area contributed by atoms with Crippen LogP contribution in [0, 0.1) is 6.92 Å². The third kappa shape index (κ3) is 3.59. The molecular formula is C26H25N. The third-order valence-electron chi connectivity index (χ3n) is 5.06. The van der Waals surface area contributed by atoms with Crippen LogP contribution >= 0.6 is 0 Å². The van der Waals surface area contributed by atoms with Crippen molar-refractivity contribution in [2.24, 2.45) is 0 Å². The van der Waals surface area contributed by atoms with E-state index in [-0.39, 0.29) is 0 Å². The maximum Gasteiger partial charge on any atom is 0.0413 e. The largest absolute Gasteiger partial charge is 0.339 e. The van der Waals surface area contributed by atoms with E-state index in [1.165, 1.54) is 38.8 Å².